The lowest BCUT2D eigenvalue weighted by Gasteiger charge is -2.57. The molecule has 8 aliphatic carbocycles. The summed E-state index contributed by atoms with van der Waals surface area (Å²) in [6.45, 7) is 5.39. The smallest absolute Gasteiger partial charge is 0.251 e. The second-order valence-electron chi connectivity index (χ2n) is 24.6. The quantitative estimate of drug-likeness (QED) is 0.148. The molecule has 8 fully saturated rings. The van der Waals surface area contributed by atoms with Gasteiger partial charge in [-0.25, -0.2) is 0 Å². The van der Waals surface area contributed by atoms with Crippen molar-refractivity contribution in [2.45, 2.75) is 101 Å². The van der Waals surface area contributed by atoms with E-state index in [1.807, 2.05) is 0 Å². The first-order valence-electron chi connectivity index (χ1n) is 27.0. The van der Waals surface area contributed by atoms with Gasteiger partial charge in [-0.2, -0.15) is 0 Å². The van der Waals surface area contributed by atoms with E-state index in [0.29, 0.717) is 10.8 Å². The number of hydrogen-bond donors (Lipinski definition) is 0. The highest BCUT2D eigenvalue weighted by molar-refractivity contribution is 7.16. The predicted molar refractivity (Wildman–Crippen MR) is 292 cm³/mol. The molecule has 8 bridgehead atoms. The third-order valence-corrected chi connectivity index (χ3v) is 23.9. The molecule has 7 aromatic rings. The Labute approximate surface area is 410 Å². The van der Waals surface area contributed by atoms with Crippen LogP contribution in [0.1, 0.15) is 88.2 Å². The maximum atomic E-state index is 2.70. The van der Waals surface area contributed by atoms with Crippen LogP contribution in [0, 0.1) is 35.5 Å². The Hall–Kier alpha value is -5.78. The third-order valence-electron chi connectivity index (χ3n) is 20.3. The number of anilines is 9. The van der Waals surface area contributed by atoms with E-state index in [1.165, 1.54) is 122 Å². The summed E-state index contributed by atoms with van der Waals surface area (Å²) in [5.41, 5.74) is 19.8. The fraction of sp³-hybridized carbons (Fsp3) is 0.344. The fourth-order valence-electron chi connectivity index (χ4n) is 18.4. The van der Waals surface area contributed by atoms with Gasteiger partial charge in [0.25, 0.3) is 6.71 Å². The minimum absolute atomic E-state index is 0.147. The molecule has 18 rings (SSSR count). The number of nitrogens with zero attached hydrogens (tertiary/aromatic N) is 3. The minimum Gasteiger partial charge on any atom is -0.311 e. The van der Waals surface area contributed by atoms with Crippen LogP contribution in [0.15, 0.2) is 158 Å². The Balaban J connectivity index is 0.933. The Bertz CT molecular complexity index is 2950. The molecule has 0 spiro atoms. The molecule has 0 aromatic heterocycles. The van der Waals surface area contributed by atoms with Gasteiger partial charge in [0.15, 0.2) is 0 Å². The van der Waals surface area contributed by atoms with Crippen molar-refractivity contribution in [2.24, 2.45) is 35.5 Å². The fourth-order valence-corrected chi connectivity index (χ4v) is 21.7. The highest BCUT2D eigenvalue weighted by Crippen LogP contribution is 2.62. The maximum Gasteiger partial charge on any atom is 0.251 e. The molecule has 5 heteroatoms. The Kier molecular flexibility index (Phi) is 8.22. The lowest BCUT2D eigenvalue weighted by molar-refractivity contribution is -0.00530. The summed E-state index contributed by atoms with van der Waals surface area (Å²) in [5, 5.41) is 3.18. The van der Waals surface area contributed by atoms with Gasteiger partial charge in [0.1, 0.15) is 8.07 Å². The molecule has 0 atom stereocenters. The molecule has 7 aromatic carbocycles. The zero-order chi connectivity index (χ0) is 45.4. The van der Waals surface area contributed by atoms with Gasteiger partial charge in [0.2, 0.25) is 0 Å². The van der Waals surface area contributed by atoms with Crippen LogP contribution < -0.4 is 41.5 Å². The summed E-state index contributed by atoms with van der Waals surface area (Å²) in [7, 11) is -2.15. The minimum atomic E-state index is -2.15. The molecule has 3 heterocycles. The van der Waals surface area contributed by atoms with Crippen molar-refractivity contribution in [3.05, 3.63) is 169 Å². The SMILES string of the molecule is C[Si]1(C)c2cccc3c2B2c4c(cc(N(c5ccccc5)c5ccccc5)cc4N(c4ccc(C56CC7CC(CC(C7)C5)C6)cc4)c4cccc1c42)N3c1ccc(C23CC4CC(CC(C4)C2)C3)cc1. The van der Waals surface area contributed by atoms with Crippen LogP contribution in [0.5, 0.6) is 0 Å². The second-order valence-corrected chi connectivity index (χ2v) is 28.9. The van der Waals surface area contributed by atoms with Crippen molar-refractivity contribution in [1.29, 1.82) is 0 Å². The summed E-state index contributed by atoms with van der Waals surface area (Å²) >= 11 is 0. The average Bonchev–Trinajstić information content (AvgIpc) is 3.36. The first-order valence-corrected chi connectivity index (χ1v) is 30.0. The molecular weight excluding hydrogens is 850 g/mol. The van der Waals surface area contributed by atoms with Gasteiger partial charge in [-0.15, -0.1) is 0 Å². The largest absolute Gasteiger partial charge is 0.311 e. The van der Waals surface area contributed by atoms with Gasteiger partial charge in [-0.1, -0.05) is 108 Å². The topological polar surface area (TPSA) is 9.72 Å². The maximum absolute atomic E-state index is 2.70. The van der Waals surface area contributed by atoms with E-state index in [-0.39, 0.29) is 6.71 Å². The molecule has 8 saturated carbocycles. The van der Waals surface area contributed by atoms with Crippen LogP contribution in [0.2, 0.25) is 13.1 Å². The normalized spacial score (nSPS) is 29.6. The van der Waals surface area contributed by atoms with E-state index in [2.05, 4.69) is 186 Å². The van der Waals surface area contributed by atoms with E-state index >= 15 is 0 Å². The zero-order valence-corrected chi connectivity index (χ0v) is 41.4. The number of hydrogen-bond acceptors (Lipinski definition) is 3. The summed E-state index contributed by atoms with van der Waals surface area (Å²) in [4.78, 5) is 7.90. The standard InChI is InChI=1S/C64H62BN3Si/c1-69(2)58-17-9-15-54-61(58)65-60-56(67(54)51-23-19-47(20-24-51)63-35-41-27-42(36-63)29-43(28-41)37-63)33-53(66(49-11-5-3-6-12-49)50-13-7-4-8-14-50)34-57(60)68(55-16-10-18-59(69)62(55)65)52-25-21-48(22-26-52)64-38-44-30-45(39-64)32-46(31-44)40-64/h3-26,33-34,41-46H,27-32,35-40H2,1-2H3. The van der Waals surface area contributed by atoms with Gasteiger partial charge in [-0.3, -0.25) is 0 Å². The van der Waals surface area contributed by atoms with Crippen LogP contribution >= 0.6 is 0 Å². The molecule has 0 N–H and O–H groups in total. The summed E-state index contributed by atoms with van der Waals surface area (Å²) < 4.78 is 0. The lowest BCUT2D eigenvalue weighted by atomic mass is 9.33. The monoisotopic (exact) mass is 911 g/mol. The lowest BCUT2D eigenvalue weighted by Crippen LogP contribution is -2.79. The van der Waals surface area contributed by atoms with Crippen LogP contribution in [-0.2, 0) is 10.8 Å². The number of benzene rings is 7. The van der Waals surface area contributed by atoms with Crippen molar-refractivity contribution in [3.63, 3.8) is 0 Å². The van der Waals surface area contributed by atoms with Crippen molar-refractivity contribution in [2.75, 3.05) is 14.7 Å². The summed E-state index contributed by atoms with van der Waals surface area (Å²) in [5.74, 6) is 5.55. The average molecular weight is 912 g/mol. The molecule has 340 valence electrons. The first-order chi connectivity index (χ1) is 33.8. The van der Waals surface area contributed by atoms with Crippen molar-refractivity contribution >= 4 is 92.7 Å². The molecule has 3 aliphatic heterocycles. The Morgan fingerprint density at radius 1 is 0.406 bits per heavy atom. The van der Waals surface area contributed by atoms with Crippen LogP contribution in [-0.4, -0.2) is 14.8 Å². The van der Waals surface area contributed by atoms with E-state index in [0.717, 1.165) is 46.9 Å². The van der Waals surface area contributed by atoms with Gasteiger partial charge in [0, 0.05) is 45.5 Å². The van der Waals surface area contributed by atoms with Crippen LogP contribution in [0.25, 0.3) is 0 Å². The molecule has 0 unspecified atom stereocenters. The predicted octanol–water partition coefficient (Wildman–Crippen LogP) is 13.3. The second kappa shape index (κ2) is 14.2. The molecule has 11 aliphatic rings. The summed E-state index contributed by atoms with van der Waals surface area (Å²) in [6.07, 6.45) is 17.2. The Morgan fingerprint density at radius 3 is 1.16 bits per heavy atom. The van der Waals surface area contributed by atoms with E-state index in [4.69, 9.17) is 0 Å². The molecule has 69 heavy (non-hydrogen) atoms. The molecule has 3 nitrogen and oxygen atoms in total. The number of rotatable bonds is 7. The van der Waals surface area contributed by atoms with Crippen molar-refractivity contribution in [3.8, 4) is 0 Å². The van der Waals surface area contributed by atoms with Crippen LogP contribution in [0.3, 0.4) is 0 Å². The summed E-state index contributed by atoms with van der Waals surface area (Å²) in [6, 6.07) is 62.3. The first kappa shape index (κ1) is 40.0. The van der Waals surface area contributed by atoms with E-state index in [9.17, 15) is 0 Å². The van der Waals surface area contributed by atoms with Gasteiger partial charge < -0.3 is 14.7 Å². The van der Waals surface area contributed by atoms with Gasteiger partial charge in [-0.05, 0) is 224 Å². The Morgan fingerprint density at radius 2 is 0.783 bits per heavy atom. The molecule has 0 radical (unpaired) electrons. The van der Waals surface area contributed by atoms with Gasteiger partial charge >= 0.3 is 0 Å². The van der Waals surface area contributed by atoms with Gasteiger partial charge in [0.05, 0.1) is 5.69 Å². The van der Waals surface area contributed by atoms with Crippen LogP contribution in [0.4, 0.5) is 51.2 Å². The highest BCUT2D eigenvalue weighted by Gasteiger charge is 2.55. The molecule has 0 amide bonds. The van der Waals surface area contributed by atoms with Crippen molar-refractivity contribution in [1.82, 2.24) is 0 Å². The molecule has 0 saturated heterocycles. The van der Waals surface area contributed by atoms with E-state index in [1.54, 1.807) is 32.4 Å². The van der Waals surface area contributed by atoms with Crippen molar-refractivity contribution < 1.29 is 0 Å². The van der Waals surface area contributed by atoms with E-state index < -0.39 is 8.07 Å². The highest BCUT2D eigenvalue weighted by atomic mass is 28.3. The zero-order valence-electron chi connectivity index (χ0n) is 40.4. The molecular formula is C64H62BN3Si. The third kappa shape index (κ3) is 5.63. The number of para-hydroxylation sites is 2.